The lowest BCUT2D eigenvalue weighted by Gasteiger charge is -2.42. The number of hydrogen-bond donors (Lipinski definition) is 4. The van der Waals surface area contributed by atoms with Crippen LogP contribution in [0, 0.1) is 17.8 Å². The molecule has 6 heteroatoms. The molecule has 0 aromatic heterocycles. The summed E-state index contributed by atoms with van der Waals surface area (Å²) in [5.74, 6) is 1.57. The average Bonchev–Trinajstić information content (AvgIpc) is 3.53. The van der Waals surface area contributed by atoms with Gasteiger partial charge in [0.05, 0.1) is 0 Å². The van der Waals surface area contributed by atoms with Crippen LogP contribution in [0.25, 0.3) is 0 Å². The zero-order valence-corrected chi connectivity index (χ0v) is 22.7. The SMILES string of the molecule is CCC(CCO)CC(C1=CC=C(SC2CC2)CC1)[C@H]1CCC(C2CCC(C(O)N3CCC3)CN2)N1. The van der Waals surface area contributed by atoms with Crippen LogP contribution in [0.1, 0.15) is 84.0 Å². The van der Waals surface area contributed by atoms with Crippen molar-refractivity contribution in [1.82, 2.24) is 15.5 Å². The number of rotatable bonds is 12. The fourth-order valence-electron chi connectivity index (χ4n) is 6.88. The van der Waals surface area contributed by atoms with E-state index in [4.69, 9.17) is 0 Å². The normalized spacial score (nSPS) is 34.6. The molecule has 7 atom stereocenters. The predicted octanol–water partition coefficient (Wildman–Crippen LogP) is 4.41. The lowest BCUT2D eigenvalue weighted by atomic mass is 9.78. The maximum absolute atomic E-state index is 10.7. The predicted molar refractivity (Wildman–Crippen MR) is 146 cm³/mol. The molecule has 35 heavy (non-hydrogen) atoms. The summed E-state index contributed by atoms with van der Waals surface area (Å²) in [7, 11) is 0. The molecule has 0 spiro atoms. The first kappa shape index (κ1) is 26.2. The van der Waals surface area contributed by atoms with E-state index < -0.39 is 0 Å². The van der Waals surface area contributed by atoms with Crippen molar-refractivity contribution in [2.45, 2.75) is 114 Å². The Bertz CT molecular complexity index is 742. The van der Waals surface area contributed by atoms with E-state index in [9.17, 15) is 10.2 Å². The molecule has 0 aromatic rings. The molecule has 4 N–H and O–H groups in total. The van der Waals surface area contributed by atoms with Crippen molar-refractivity contribution in [3.63, 3.8) is 0 Å². The summed E-state index contributed by atoms with van der Waals surface area (Å²) in [5.41, 5.74) is 1.65. The topological polar surface area (TPSA) is 67.8 Å². The van der Waals surface area contributed by atoms with E-state index in [1.807, 2.05) is 0 Å². The first-order valence-corrected chi connectivity index (χ1v) is 15.6. The molecule has 0 aromatic carbocycles. The first-order chi connectivity index (χ1) is 17.1. The van der Waals surface area contributed by atoms with E-state index in [2.05, 4.69) is 46.4 Å². The van der Waals surface area contributed by atoms with Crippen LogP contribution >= 0.6 is 11.8 Å². The number of hydrogen-bond acceptors (Lipinski definition) is 6. The summed E-state index contributed by atoms with van der Waals surface area (Å²) in [6, 6.07) is 1.63. The molecule has 0 bridgehead atoms. The van der Waals surface area contributed by atoms with E-state index in [1.54, 1.807) is 10.5 Å². The molecule has 0 radical (unpaired) electrons. The molecule has 3 aliphatic heterocycles. The van der Waals surface area contributed by atoms with Crippen molar-refractivity contribution < 1.29 is 10.2 Å². The van der Waals surface area contributed by atoms with Crippen molar-refractivity contribution in [1.29, 1.82) is 0 Å². The summed E-state index contributed by atoms with van der Waals surface area (Å²) in [5, 5.41) is 29.1. The van der Waals surface area contributed by atoms with Crippen molar-refractivity contribution >= 4 is 11.8 Å². The molecule has 3 heterocycles. The molecule has 5 rings (SSSR count). The van der Waals surface area contributed by atoms with Crippen molar-refractivity contribution in [3.8, 4) is 0 Å². The highest BCUT2D eigenvalue weighted by Crippen LogP contribution is 2.44. The molecule has 1 saturated carbocycles. The van der Waals surface area contributed by atoms with E-state index in [1.165, 1.54) is 57.8 Å². The first-order valence-electron chi connectivity index (χ1n) is 14.7. The van der Waals surface area contributed by atoms with Crippen LogP contribution in [0.15, 0.2) is 22.6 Å². The Labute approximate surface area is 217 Å². The molecule has 5 aliphatic rings. The van der Waals surface area contributed by atoms with Crippen molar-refractivity contribution in [3.05, 3.63) is 22.6 Å². The Morgan fingerprint density at radius 3 is 2.49 bits per heavy atom. The highest BCUT2D eigenvalue weighted by molar-refractivity contribution is 8.03. The third-order valence-electron chi connectivity index (χ3n) is 9.53. The zero-order valence-electron chi connectivity index (χ0n) is 21.8. The Hall–Kier alpha value is -0.370. The minimum absolute atomic E-state index is 0.252. The van der Waals surface area contributed by atoms with Gasteiger partial charge in [-0.2, -0.15) is 0 Å². The standard InChI is InChI=1S/C29H49N3O2S/c1-2-20(14-17-33)18-25(21-4-7-23(8-5-21)35-24-9-10-24)26-12-13-28(31-26)27-11-6-22(19-30-27)29(34)32-15-3-16-32/h4,7,20,22,24-31,33-34H,2-3,5-6,8-19H2,1H3/t20?,22?,25?,26-,27?,28?,29?/m1/s1. The van der Waals surface area contributed by atoms with Crippen molar-refractivity contribution in [2.24, 2.45) is 17.8 Å². The highest BCUT2D eigenvalue weighted by atomic mass is 32.2. The average molecular weight is 504 g/mol. The van der Waals surface area contributed by atoms with Gasteiger partial charge in [-0.25, -0.2) is 0 Å². The van der Waals surface area contributed by atoms with Crippen LogP contribution in [-0.4, -0.2) is 71.0 Å². The molecule has 6 unspecified atom stereocenters. The largest absolute Gasteiger partial charge is 0.396 e. The van der Waals surface area contributed by atoms with Gasteiger partial charge in [-0.1, -0.05) is 31.1 Å². The van der Waals surface area contributed by atoms with E-state index in [-0.39, 0.29) is 6.23 Å². The van der Waals surface area contributed by atoms with Gasteiger partial charge in [0, 0.05) is 55.5 Å². The fourth-order valence-corrected chi connectivity index (χ4v) is 8.05. The van der Waals surface area contributed by atoms with Crippen LogP contribution in [0.4, 0.5) is 0 Å². The Balaban J connectivity index is 1.19. The summed E-state index contributed by atoms with van der Waals surface area (Å²) in [6.45, 7) is 5.67. The highest BCUT2D eigenvalue weighted by Gasteiger charge is 2.39. The second kappa shape index (κ2) is 12.4. The Morgan fingerprint density at radius 1 is 1.06 bits per heavy atom. The van der Waals surface area contributed by atoms with Gasteiger partial charge in [0.2, 0.25) is 0 Å². The smallest absolute Gasteiger partial charge is 0.111 e. The minimum Gasteiger partial charge on any atom is -0.396 e. The van der Waals surface area contributed by atoms with E-state index in [0.29, 0.717) is 42.5 Å². The van der Waals surface area contributed by atoms with Crippen LogP contribution < -0.4 is 10.6 Å². The monoisotopic (exact) mass is 503 g/mol. The minimum atomic E-state index is -0.252. The lowest BCUT2D eigenvalue weighted by molar-refractivity contribution is -0.0791. The number of piperidine rings is 1. The number of likely N-dealkylation sites (tertiary alicyclic amines) is 1. The van der Waals surface area contributed by atoms with E-state index in [0.717, 1.165) is 44.1 Å². The summed E-state index contributed by atoms with van der Waals surface area (Å²) < 4.78 is 0. The van der Waals surface area contributed by atoms with Gasteiger partial charge in [0.25, 0.3) is 0 Å². The number of nitrogens with zero attached hydrogens (tertiary/aromatic N) is 1. The number of aliphatic hydroxyl groups is 2. The fraction of sp³-hybridized carbons (Fsp3) is 0.862. The van der Waals surface area contributed by atoms with Gasteiger partial charge in [-0.05, 0) is 87.4 Å². The quantitative estimate of drug-likeness (QED) is 0.316. The number of thioether (sulfide) groups is 1. The molecule has 4 fully saturated rings. The number of allylic oxidation sites excluding steroid dienone is 3. The number of nitrogens with one attached hydrogen (secondary N) is 2. The van der Waals surface area contributed by atoms with Gasteiger partial charge in [0.15, 0.2) is 0 Å². The molecular formula is C29H49N3O2S. The molecule has 3 saturated heterocycles. The summed E-state index contributed by atoms with van der Waals surface area (Å²) in [4.78, 5) is 3.83. The molecule has 0 amide bonds. The van der Waals surface area contributed by atoms with Gasteiger partial charge in [-0.3, -0.25) is 4.90 Å². The van der Waals surface area contributed by atoms with E-state index >= 15 is 0 Å². The van der Waals surface area contributed by atoms with Crippen LogP contribution in [-0.2, 0) is 0 Å². The van der Waals surface area contributed by atoms with Gasteiger partial charge in [-0.15, -0.1) is 11.8 Å². The summed E-state index contributed by atoms with van der Waals surface area (Å²) in [6.07, 6.45) is 19.2. The zero-order chi connectivity index (χ0) is 24.2. The maximum Gasteiger partial charge on any atom is 0.111 e. The van der Waals surface area contributed by atoms with Gasteiger partial charge < -0.3 is 20.8 Å². The molecule has 5 nitrogen and oxygen atoms in total. The van der Waals surface area contributed by atoms with Crippen molar-refractivity contribution in [2.75, 3.05) is 26.2 Å². The maximum atomic E-state index is 10.7. The Morgan fingerprint density at radius 2 is 1.89 bits per heavy atom. The third-order valence-corrected chi connectivity index (χ3v) is 11.0. The van der Waals surface area contributed by atoms with Crippen LogP contribution in [0.3, 0.4) is 0 Å². The number of aliphatic hydroxyl groups excluding tert-OH is 2. The van der Waals surface area contributed by atoms with Gasteiger partial charge >= 0.3 is 0 Å². The second-order valence-electron chi connectivity index (χ2n) is 11.9. The van der Waals surface area contributed by atoms with Crippen LogP contribution in [0.2, 0.25) is 0 Å². The lowest BCUT2D eigenvalue weighted by Crippen LogP contribution is -2.56. The third kappa shape index (κ3) is 6.74. The summed E-state index contributed by atoms with van der Waals surface area (Å²) >= 11 is 2.13. The molecular weight excluding hydrogens is 454 g/mol. The second-order valence-corrected chi connectivity index (χ2v) is 13.4. The Kier molecular flexibility index (Phi) is 9.34. The van der Waals surface area contributed by atoms with Crippen LogP contribution in [0.5, 0.6) is 0 Å². The molecule has 198 valence electrons. The molecule has 2 aliphatic carbocycles. The van der Waals surface area contributed by atoms with Gasteiger partial charge in [0.1, 0.15) is 6.23 Å².